The zero-order valence-electron chi connectivity index (χ0n) is 15.6. The average Bonchev–Trinajstić information content (AvgIpc) is 2.73. The van der Waals surface area contributed by atoms with Gasteiger partial charge in [0, 0.05) is 28.1 Å². The van der Waals surface area contributed by atoms with Gasteiger partial charge in [0.25, 0.3) is 0 Å². The lowest BCUT2D eigenvalue weighted by molar-refractivity contribution is -0.136. The first-order valence-electron chi connectivity index (χ1n) is 9.43. The summed E-state index contributed by atoms with van der Waals surface area (Å²) in [6.07, 6.45) is 1.45. The van der Waals surface area contributed by atoms with Gasteiger partial charge in [-0.15, -0.1) is 11.8 Å². The Hall–Kier alpha value is -2.32. The number of nitrogens with zero attached hydrogens (tertiary/aromatic N) is 1. The van der Waals surface area contributed by atoms with Gasteiger partial charge in [-0.1, -0.05) is 34.1 Å². The molecule has 0 bridgehead atoms. The maximum Gasteiger partial charge on any atom is 0.247 e. The van der Waals surface area contributed by atoms with Gasteiger partial charge in [-0.3, -0.25) is 14.4 Å². The Morgan fingerprint density at radius 2 is 2.00 bits per heavy atom. The third-order valence-electron chi connectivity index (χ3n) is 5.05. The molecule has 150 valence electrons. The molecule has 0 spiro atoms. The van der Waals surface area contributed by atoms with Crippen LogP contribution in [-0.4, -0.2) is 41.0 Å². The molecule has 29 heavy (non-hydrogen) atoms. The van der Waals surface area contributed by atoms with Crippen LogP contribution in [-0.2, 0) is 14.4 Å². The number of rotatable bonds is 3. The van der Waals surface area contributed by atoms with Crippen molar-refractivity contribution in [2.75, 3.05) is 23.7 Å². The number of nitrogens with one attached hydrogen (secondary N) is 2. The van der Waals surface area contributed by atoms with Crippen molar-refractivity contribution in [1.29, 1.82) is 0 Å². The molecule has 8 heteroatoms. The van der Waals surface area contributed by atoms with Crippen LogP contribution in [0.25, 0.3) is 0 Å². The molecule has 2 atom stereocenters. The summed E-state index contributed by atoms with van der Waals surface area (Å²) in [6, 6.07) is 14.9. The third kappa shape index (κ3) is 4.48. The van der Waals surface area contributed by atoms with Crippen molar-refractivity contribution in [3.8, 4) is 0 Å². The molecule has 6 nitrogen and oxygen atoms in total. The predicted octanol–water partition coefficient (Wildman–Crippen LogP) is 3.74. The van der Waals surface area contributed by atoms with Gasteiger partial charge >= 0.3 is 0 Å². The van der Waals surface area contributed by atoms with E-state index in [0.717, 1.165) is 27.9 Å². The molecular formula is C21H20BrN3O3S. The maximum atomic E-state index is 13.1. The number of para-hydroxylation sites is 1. The molecule has 1 fully saturated rings. The van der Waals surface area contributed by atoms with Crippen LogP contribution in [0.4, 0.5) is 11.4 Å². The summed E-state index contributed by atoms with van der Waals surface area (Å²) >= 11 is 4.67. The van der Waals surface area contributed by atoms with Gasteiger partial charge in [-0.25, -0.2) is 0 Å². The van der Waals surface area contributed by atoms with Crippen LogP contribution in [0.1, 0.15) is 12.8 Å². The number of amides is 3. The molecule has 2 N–H and O–H groups in total. The Kier molecular flexibility index (Phi) is 5.91. The number of benzene rings is 2. The van der Waals surface area contributed by atoms with Crippen molar-refractivity contribution in [1.82, 2.24) is 4.90 Å². The molecule has 1 saturated heterocycles. The SMILES string of the molecule is O=C(Nc1cccc(Br)c1)[C@H]1CCCN(C(=O)[C@H]2Sc3ccccc3NC2=O)C1. The first kappa shape index (κ1) is 20.0. The number of carbonyl (C=O) groups excluding carboxylic acids is 3. The number of hydrogen-bond acceptors (Lipinski definition) is 4. The Morgan fingerprint density at radius 3 is 2.83 bits per heavy atom. The summed E-state index contributed by atoms with van der Waals surface area (Å²) in [7, 11) is 0. The van der Waals surface area contributed by atoms with Crippen LogP contribution < -0.4 is 10.6 Å². The van der Waals surface area contributed by atoms with Crippen molar-refractivity contribution in [2.45, 2.75) is 23.0 Å². The zero-order valence-corrected chi connectivity index (χ0v) is 18.0. The van der Waals surface area contributed by atoms with Gasteiger partial charge in [0.05, 0.1) is 11.6 Å². The van der Waals surface area contributed by atoms with Crippen LogP contribution in [0, 0.1) is 5.92 Å². The highest BCUT2D eigenvalue weighted by Crippen LogP contribution is 2.36. The Morgan fingerprint density at radius 1 is 1.17 bits per heavy atom. The summed E-state index contributed by atoms with van der Waals surface area (Å²) in [5.41, 5.74) is 1.45. The highest BCUT2D eigenvalue weighted by Gasteiger charge is 2.38. The van der Waals surface area contributed by atoms with Crippen LogP contribution in [0.15, 0.2) is 57.9 Å². The fourth-order valence-corrected chi connectivity index (χ4v) is 5.05. The van der Waals surface area contributed by atoms with Crippen LogP contribution >= 0.6 is 27.7 Å². The highest BCUT2D eigenvalue weighted by atomic mass is 79.9. The number of piperidine rings is 1. The largest absolute Gasteiger partial charge is 0.340 e. The quantitative estimate of drug-likeness (QED) is 0.665. The van der Waals surface area contributed by atoms with Gasteiger partial charge in [0.2, 0.25) is 17.7 Å². The number of fused-ring (bicyclic) bond motifs is 1. The van der Waals surface area contributed by atoms with E-state index in [1.807, 2.05) is 48.5 Å². The maximum absolute atomic E-state index is 13.1. The zero-order chi connectivity index (χ0) is 20.4. The van der Waals surface area contributed by atoms with Gasteiger partial charge < -0.3 is 15.5 Å². The normalized spacial score (nSPS) is 21.1. The molecule has 2 aromatic carbocycles. The van der Waals surface area contributed by atoms with Crippen molar-refractivity contribution in [2.24, 2.45) is 5.92 Å². The minimum Gasteiger partial charge on any atom is -0.340 e. The fourth-order valence-electron chi connectivity index (χ4n) is 3.58. The third-order valence-corrected chi connectivity index (χ3v) is 6.80. The van der Waals surface area contributed by atoms with Gasteiger partial charge in [0.1, 0.15) is 0 Å². The Labute approximate surface area is 181 Å². The molecule has 2 heterocycles. The second-order valence-electron chi connectivity index (χ2n) is 7.11. The smallest absolute Gasteiger partial charge is 0.247 e. The highest BCUT2D eigenvalue weighted by molar-refractivity contribution is 9.10. The molecular weight excluding hydrogens is 454 g/mol. The van der Waals surface area contributed by atoms with Crippen molar-refractivity contribution < 1.29 is 14.4 Å². The average molecular weight is 474 g/mol. The van der Waals surface area contributed by atoms with E-state index < -0.39 is 5.25 Å². The van der Waals surface area contributed by atoms with E-state index in [1.54, 1.807) is 4.90 Å². The first-order valence-corrected chi connectivity index (χ1v) is 11.1. The number of anilines is 2. The van der Waals surface area contributed by atoms with Gasteiger partial charge in [-0.05, 0) is 43.2 Å². The minimum atomic E-state index is -0.822. The number of likely N-dealkylation sites (tertiary alicyclic amines) is 1. The van der Waals surface area contributed by atoms with Crippen LogP contribution in [0.5, 0.6) is 0 Å². The summed E-state index contributed by atoms with van der Waals surface area (Å²) in [5.74, 6) is -0.941. The van der Waals surface area contributed by atoms with E-state index in [0.29, 0.717) is 18.8 Å². The van der Waals surface area contributed by atoms with E-state index in [2.05, 4.69) is 26.6 Å². The lowest BCUT2D eigenvalue weighted by Gasteiger charge is -2.35. The lowest BCUT2D eigenvalue weighted by Crippen LogP contribution is -2.50. The van der Waals surface area contributed by atoms with E-state index in [1.165, 1.54) is 11.8 Å². The summed E-state index contributed by atoms with van der Waals surface area (Å²) in [4.78, 5) is 40.8. The number of carbonyl (C=O) groups is 3. The monoisotopic (exact) mass is 473 g/mol. The summed E-state index contributed by atoms with van der Waals surface area (Å²) in [6.45, 7) is 0.885. The van der Waals surface area contributed by atoms with Crippen molar-refractivity contribution in [3.05, 3.63) is 53.0 Å². The predicted molar refractivity (Wildman–Crippen MR) is 117 cm³/mol. The molecule has 3 amide bonds. The molecule has 0 aromatic heterocycles. The number of hydrogen-bond donors (Lipinski definition) is 2. The van der Waals surface area contributed by atoms with E-state index in [-0.39, 0.29) is 23.6 Å². The van der Waals surface area contributed by atoms with E-state index >= 15 is 0 Å². The molecule has 0 radical (unpaired) electrons. The van der Waals surface area contributed by atoms with Crippen molar-refractivity contribution >= 4 is 56.8 Å². The molecule has 0 saturated carbocycles. The summed E-state index contributed by atoms with van der Waals surface area (Å²) < 4.78 is 0.886. The van der Waals surface area contributed by atoms with E-state index in [9.17, 15) is 14.4 Å². The second kappa shape index (κ2) is 8.59. The van der Waals surface area contributed by atoms with Crippen LogP contribution in [0.3, 0.4) is 0 Å². The number of halogens is 1. The Balaban J connectivity index is 1.42. The van der Waals surface area contributed by atoms with E-state index in [4.69, 9.17) is 0 Å². The molecule has 4 rings (SSSR count). The molecule has 2 aliphatic rings. The topological polar surface area (TPSA) is 78.5 Å². The Bertz CT molecular complexity index is 968. The lowest BCUT2D eigenvalue weighted by atomic mass is 9.96. The van der Waals surface area contributed by atoms with Gasteiger partial charge in [-0.2, -0.15) is 0 Å². The standard InChI is InChI=1S/C21H20BrN3O3S/c22-14-6-3-7-15(11-14)23-19(26)13-5-4-10-25(12-13)21(28)18-20(27)24-16-8-1-2-9-17(16)29-18/h1-3,6-9,11,13,18H,4-5,10,12H2,(H,23,26)(H,24,27)/t13-,18-/m0/s1. The van der Waals surface area contributed by atoms with Gasteiger partial charge in [0.15, 0.2) is 5.25 Å². The fraction of sp³-hybridized carbons (Fsp3) is 0.286. The van der Waals surface area contributed by atoms with Crippen molar-refractivity contribution in [3.63, 3.8) is 0 Å². The minimum absolute atomic E-state index is 0.105. The molecule has 2 aliphatic heterocycles. The second-order valence-corrected chi connectivity index (χ2v) is 9.17. The molecule has 2 aromatic rings. The molecule has 0 aliphatic carbocycles. The molecule has 0 unspecified atom stereocenters. The first-order chi connectivity index (χ1) is 14.0. The van der Waals surface area contributed by atoms with Crippen LogP contribution in [0.2, 0.25) is 0 Å². The summed E-state index contributed by atoms with van der Waals surface area (Å²) in [5, 5.41) is 4.91. The number of thioether (sulfide) groups is 1.